The van der Waals surface area contributed by atoms with Crippen molar-refractivity contribution in [1.82, 2.24) is 14.7 Å². The van der Waals surface area contributed by atoms with E-state index in [9.17, 15) is 9.90 Å². The molecule has 7 heteroatoms. The van der Waals surface area contributed by atoms with E-state index in [1.807, 2.05) is 16.0 Å². The molecule has 3 rings (SSSR count). The molecule has 112 valence electrons. The summed E-state index contributed by atoms with van der Waals surface area (Å²) in [6, 6.07) is -0.155. The van der Waals surface area contributed by atoms with Crippen LogP contribution in [0, 0.1) is 0 Å². The molecule has 2 N–H and O–H groups in total. The lowest BCUT2D eigenvalue weighted by Gasteiger charge is -2.27. The van der Waals surface area contributed by atoms with Gasteiger partial charge in [-0.3, -0.25) is 9.20 Å². The van der Waals surface area contributed by atoms with Gasteiger partial charge in [0.2, 0.25) is 5.91 Å². The number of carbonyl (C=O) groups is 1. The second kappa shape index (κ2) is 6.17. The fourth-order valence-electron chi connectivity index (χ4n) is 2.59. The smallest absolute Gasteiger partial charge is 0.244 e. The number of hydrogen-bond donors (Lipinski definition) is 2. The van der Waals surface area contributed by atoms with Crippen molar-refractivity contribution in [3.05, 3.63) is 28.5 Å². The number of aliphatic hydroxyl groups excluding tert-OH is 1. The first-order valence-corrected chi connectivity index (χ1v) is 8.18. The highest BCUT2D eigenvalue weighted by molar-refractivity contribution is 7.15. The van der Waals surface area contributed by atoms with E-state index in [1.54, 1.807) is 6.08 Å². The molecule has 2 atom stereocenters. The normalized spacial score (nSPS) is 23.0. The van der Waals surface area contributed by atoms with Crippen LogP contribution in [0.5, 0.6) is 0 Å². The van der Waals surface area contributed by atoms with Gasteiger partial charge in [-0.15, -0.1) is 11.3 Å². The number of nitrogens with one attached hydrogen (secondary N) is 1. The quantitative estimate of drug-likeness (QED) is 0.852. The molecular weight excluding hydrogens is 310 g/mol. The highest BCUT2D eigenvalue weighted by Crippen LogP contribution is 2.22. The van der Waals surface area contributed by atoms with E-state index in [0.717, 1.165) is 30.6 Å². The molecule has 1 fully saturated rings. The summed E-state index contributed by atoms with van der Waals surface area (Å²) in [4.78, 5) is 17.0. The molecule has 0 aromatic carbocycles. The van der Waals surface area contributed by atoms with Crippen molar-refractivity contribution >= 4 is 39.9 Å². The molecule has 1 amide bonds. The van der Waals surface area contributed by atoms with Crippen LogP contribution in [-0.2, 0) is 4.79 Å². The summed E-state index contributed by atoms with van der Waals surface area (Å²) in [5.41, 5.74) is 0.687. The Hall–Kier alpha value is -1.37. The number of hydrogen-bond acceptors (Lipinski definition) is 4. The molecule has 1 aliphatic carbocycles. The first kappa shape index (κ1) is 14.6. The molecule has 2 aromatic heterocycles. The lowest BCUT2D eigenvalue weighted by Crippen LogP contribution is -2.44. The lowest BCUT2D eigenvalue weighted by molar-refractivity contribution is -0.118. The molecule has 2 unspecified atom stereocenters. The van der Waals surface area contributed by atoms with Gasteiger partial charge in [0.15, 0.2) is 10.1 Å². The zero-order valence-corrected chi connectivity index (χ0v) is 12.9. The fraction of sp³-hybridized carbons (Fsp3) is 0.429. The highest BCUT2D eigenvalue weighted by Gasteiger charge is 2.23. The Kier molecular flexibility index (Phi) is 4.28. The molecule has 1 aliphatic rings. The van der Waals surface area contributed by atoms with Gasteiger partial charge in [-0.2, -0.15) is 0 Å². The molecule has 5 nitrogen and oxygen atoms in total. The monoisotopic (exact) mass is 325 g/mol. The van der Waals surface area contributed by atoms with Crippen molar-refractivity contribution in [3.8, 4) is 0 Å². The SMILES string of the molecule is O=C(/C=C/c1c(Cl)nc2sccn12)NC1CCCCC1O. The zero-order chi connectivity index (χ0) is 14.8. The van der Waals surface area contributed by atoms with Crippen molar-refractivity contribution in [1.29, 1.82) is 0 Å². The van der Waals surface area contributed by atoms with E-state index in [1.165, 1.54) is 17.4 Å². The minimum absolute atomic E-state index is 0.155. The van der Waals surface area contributed by atoms with E-state index in [2.05, 4.69) is 10.3 Å². The van der Waals surface area contributed by atoms with E-state index < -0.39 is 6.10 Å². The number of aliphatic hydroxyl groups is 1. The standard InChI is InChI=1S/C14H16ClN3O2S/c15-13-10(18-7-8-21-14(18)17-13)5-6-12(20)16-9-3-1-2-4-11(9)19/h5-9,11,19H,1-4H2,(H,16,20)/b6-5+. The summed E-state index contributed by atoms with van der Waals surface area (Å²) in [7, 11) is 0. The number of halogens is 1. The van der Waals surface area contributed by atoms with Crippen LogP contribution < -0.4 is 5.32 Å². The third-order valence-corrected chi connectivity index (χ3v) is 4.74. The Morgan fingerprint density at radius 1 is 1.52 bits per heavy atom. The minimum Gasteiger partial charge on any atom is -0.391 e. The van der Waals surface area contributed by atoms with Gasteiger partial charge < -0.3 is 10.4 Å². The fourth-order valence-corrected chi connectivity index (χ4v) is 3.60. The number of aromatic nitrogens is 2. The van der Waals surface area contributed by atoms with Gasteiger partial charge in [-0.25, -0.2) is 4.98 Å². The molecule has 2 heterocycles. The topological polar surface area (TPSA) is 66.6 Å². The van der Waals surface area contributed by atoms with Crippen LogP contribution in [0.2, 0.25) is 5.15 Å². The number of rotatable bonds is 3. The van der Waals surface area contributed by atoms with Gasteiger partial charge in [0.05, 0.1) is 17.8 Å². The molecule has 0 spiro atoms. The number of carbonyl (C=O) groups excluding carboxylic acids is 1. The van der Waals surface area contributed by atoms with Crippen molar-refractivity contribution < 1.29 is 9.90 Å². The third kappa shape index (κ3) is 3.12. The summed E-state index contributed by atoms with van der Waals surface area (Å²) in [6.45, 7) is 0. The Balaban J connectivity index is 1.69. The van der Waals surface area contributed by atoms with E-state index in [-0.39, 0.29) is 11.9 Å². The van der Waals surface area contributed by atoms with Crippen molar-refractivity contribution in [3.63, 3.8) is 0 Å². The maximum absolute atomic E-state index is 12.0. The van der Waals surface area contributed by atoms with Gasteiger partial charge in [-0.05, 0) is 18.9 Å². The minimum atomic E-state index is -0.446. The second-order valence-electron chi connectivity index (χ2n) is 5.14. The molecule has 0 bridgehead atoms. The maximum Gasteiger partial charge on any atom is 0.244 e. The number of fused-ring (bicyclic) bond motifs is 1. The number of nitrogens with zero attached hydrogens (tertiary/aromatic N) is 2. The van der Waals surface area contributed by atoms with Gasteiger partial charge in [0.1, 0.15) is 0 Å². The van der Waals surface area contributed by atoms with Crippen molar-refractivity contribution in [2.75, 3.05) is 0 Å². The first-order chi connectivity index (χ1) is 10.1. The third-order valence-electron chi connectivity index (χ3n) is 3.70. The number of imidazole rings is 1. The zero-order valence-electron chi connectivity index (χ0n) is 11.3. The lowest BCUT2D eigenvalue weighted by atomic mass is 9.92. The molecule has 0 radical (unpaired) electrons. The maximum atomic E-state index is 12.0. The predicted molar refractivity (Wildman–Crippen MR) is 83.5 cm³/mol. The largest absolute Gasteiger partial charge is 0.391 e. The van der Waals surface area contributed by atoms with Crippen LogP contribution in [0.25, 0.3) is 11.0 Å². The van der Waals surface area contributed by atoms with Crippen LogP contribution in [0.3, 0.4) is 0 Å². The van der Waals surface area contributed by atoms with Gasteiger partial charge in [0.25, 0.3) is 0 Å². The van der Waals surface area contributed by atoms with Gasteiger partial charge >= 0.3 is 0 Å². The number of thiazole rings is 1. The van der Waals surface area contributed by atoms with Crippen LogP contribution in [0.1, 0.15) is 31.4 Å². The Morgan fingerprint density at radius 3 is 3.14 bits per heavy atom. The molecule has 2 aromatic rings. The molecule has 0 saturated heterocycles. The molecule has 0 aliphatic heterocycles. The molecule has 21 heavy (non-hydrogen) atoms. The summed E-state index contributed by atoms with van der Waals surface area (Å²) in [6.07, 6.45) is 8.13. The van der Waals surface area contributed by atoms with Crippen molar-refractivity contribution in [2.24, 2.45) is 0 Å². The second-order valence-corrected chi connectivity index (χ2v) is 6.37. The van der Waals surface area contributed by atoms with Crippen LogP contribution in [-0.4, -0.2) is 32.5 Å². The van der Waals surface area contributed by atoms with Crippen molar-refractivity contribution in [2.45, 2.75) is 37.8 Å². The van der Waals surface area contributed by atoms with Crippen LogP contribution >= 0.6 is 22.9 Å². The Labute approximate surface area is 131 Å². The Morgan fingerprint density at radius 2 is 2.33 bits per heavy atom. The molecular formula is C14H16ClN3O2S. The van der Waals surface area contributed by atoms with E-state index in [0.29, 0.717) is 10.8 Å². The summed E-state index contributed by atoms with van der Waals surface area (Å²) in [5.74, 6) is -0.220. The average Bonchev–Trinajstić information content (AvgIpc) is 3.00. The molecule has 1 saturated carbocycles. The van der Waals surface area contributed by atoms with E-state index >= 15 is 0 Å². The van der Waals surface area contributed by atoms with Crippen LogP contribution in [0.15, 0.2) is 17.7 Å². The van der Waals surface area contributed by atoms with Gasteiger partial charge in [-0.1, -0.05) is 24.4 Å². The van der Waals surface area contributed by atoms with Gasteiger partial charge in [0, 0.05) is 17.7 Å². The van der Waals surface area contributed by atoms with E-state index in [4.69, 9.17) is 11.6 Å². The average molecular weight is 326 g/mol. The number of amides is 1. The Bertz CT molecular complexity index is 679. The summed E-state index contributed by atoms with van der Waals surface area (Å²) in [5, 5.41) is 15.0. The summed E-state index contributed by atoms with van der Waals surface area (Å²) < 4.78 is 1.84. The first-order valence-electron chi connectivity index (χ1n) is 6.93. The summed E-state index contributed by atoms with van der Waals surface area (Å²) >= 11 is 7.54. The highest BCUT2D eigenvalue weighted by atomic mass is 35.5. The van der Waals surface area contributed by atoms with Crippen LogP contribution in [0.4, 0.5) is 0 Å². The predicted octanol–water partition coefficient (Wildman–Crippen LogP) is 2.48.